The lowest BCUT2D eigenvalue weighted by Crippen LogP contribution is -2.33. The van der Waals surface area contributed by atoms with E-state index in [0.717, 1.165) is 61.1 Å². The Labute approximate surface area is 211 Å². The van der Waals surface area contributed by atoms with Gasteiger partial charge in [0.15, 0.2) is 5.65 Å². The molecule has 3 heterocycles. The summed E-state index contributed by atoms with van der Waals surface area (Å²) in [5.74, 6) is 1.64. The van der Waals surface area contributed by atoms with E-state index in [4.69, 9.17) is 16.5 Å². The SMILES string of the molecule is Cl.NCCC(Cc1nccc(-c2[nH]nc3nc(NC4CCC(N)CC4)ncc23)n1)c1ccccc1. The van der Waals surface area contributed by atoms with Gasteiger partial charge >= 0.3 is 0 Å². The third kappa shape index (κ3) is 5.93. The first-order chi connectivity index (χ1) is 16.7. The van der Waals surface area contributed by atoms with Crippen molar-refractivity contribution in [3.63, 3.8) is 0 Å². The van der Waals surface area contributed by atoms with E-state index in [1.165, 1.54) is 5.56 Å². The third-order valence-electron chi connectivity index (χ3n) is 6.59. The summed E-state index contributed by atoms with van der Waals surface area (Å²) in [5, 5.41) is 11.8. The van der Waals surface area contributed by atoms with Gasteiger partial charge in [-0.2, -0.15) is 10.1 Å². The Bertz CT molecular complexity index is 1220. The summed E-state index contributed by atoms with van der Waals surface area (Å²) in [6, 6.07) is 13.0. The number of nitrogens with two attached hydrogens (primary N) is 2. The van der Waals surface area contributed by atoms with Crippen molar-refractivity contribution in [2.45, 2.75) is 56.5 Å². The lowest BCUT2D eigenvalue weighted by Gasteiger charge is -2.26. The van der Waals surface area contributed by atoms with E-state index in [-0.39, 0.29) is 18.3 Å². The van der Waals surface area contributed by atoms with Crippen molar-refractivity contribution in [2.75, 3.05) is 11.9 Å². The largest absolute Gasteiger partial charge is 0.351 e. The van der Waals surface area contributed by atoms with Crippen LogP contribution in [0.3, 0.4) is 0 Å². The number of nitrogens with zero attached hydrogens (tertiary/aromatic N) is 5. The summed E-state index contributed by atoms with van der Waals surface area (Å²) in [7, 11) is 0. The van der Waals surface area contributed by atoms with Crippen LogP contribution in [0.25, 0.3) is 22.4 Å². The number of aromatic nitrogens is 6. The molecule has 6 N–H and O–H groups in total. The van der Waals surface area contributed by atoms with E-state index >= 15 is 0 Å². The average molecular weight is 494 g/mol. The van der Waals surface area contributed by atoms with E-state index in [1.807, 2.05) is 12.1 Å². The summed E-state index contributed by atoms with van der Waals surface area (Å²) in [6.45, 7) is 0.617. The highest BCUT2D eigenvalue weighted by Crippen LogP contribution is 2.27. The molecule has 0 aliphatic heterocycles. The molecule has 10 heteroatoms. The molecule has 5 rings (SSSR count). The summed E-state index contributed by atoms with van der Waals surface area (Å²) >= 11 is 0. The average Bonchev–Trinajstić information content (AvgIpc) is 3.29. The van der Waals surface area contributed by atoms with Crippen molar-refractivity contribution in [1.82, 2.24) is 30.1 Å². The van der Waals surface area contributed by atoms with Crippen LogP contribution < -0.4 is 16.8 Å². The van der Waals surface area contributed by atoms with Gasteiger partial charge in [0.1, 0.15) is 5.82 Å². The molecule has 184 valence electrons. The fraction of sp³-hybridized carbons (Fsp3) is 0.400. The third-order valence-corrected chi connectivity index (χ3v) is 6.59. The van der Waals surface area contributed by atoms with Crippen LogP contribution in [0.4, 0.5) is 5.95 Å². The Kier molecular flexibility index (Phi) is 8.22. The normalized spacial score (nSPS) is 18.7. The molecule has 1 aliphatic rings. The first-order valence-corrected chi connectivity index (χ1v) is 12.0. The minimum atomic E-state index is 0. The second kappa shape index (κ2) is 11.5. The fourth-order valence-corrected chi connectivity index (χ4v) is 4.68. The number of hydrogen-bond acceptors (Lipinski definition) is 8. The van der Waals surface area contributed by atoms with Crippen LogP contribution in [0.5, 0.6) is 0 Å². The van der Waals surface area contributed by atoms with E-state index < -0.39 is 0 Å². The van der Waals surface area contributed by atoms with Gasteiger partial charge < -0.3 is 16.8 Å². The molecule has 9 nitrogen and oxygen atoms in total. The first kappa shape index (κ1) is 25.0. The van der Waals surface area contributed by atoms with Crippen LogP contribution in [0.1, 0.15) is 49.4 Å². The van der Waals surface area contributed by atoms with Crippen molar-refractivity contribution in [3.05, 3.63) is 60.2 Å². The second-order valence-electron chi connectivity index (χ2n) is 9.03. The smallest absolute Gasteiger partial charge is 0.224 e. The van der Waals surface area contributed by atoms with Crippen molar-refractivity contribution >= 4 is 29.4 Å². The van der Waals surface area contributed by atoms with Gasteiger partial charge in [-0.3, -0.25) is 5.10 Å². The molecule has 3 aromatic heterocycles. The lowest BCUT2D eigenvalue weighted by atomic mass is 9.92. The van der Waals surface area contributed by atoms with Crippen molar-refractivity contribution in [2.24, 2.45) is 11.5 Å². The van der Waals surface area contributed by atoms with E-state index in [9.17, 15) is 0 Å². The lowest BCUT2D eigenvalue weighted by molar-refractivity contribution is 0.410. The van der Waals surface area contributed by atoms with E-state index in [2.05, 4.69) is 54.7 Å². The van der Waals surface area contributed by atoms with Gasteiger partial charge in [0, 0.05) is 30.9 Å². The van der Waals surface area contributed by atoms with Gasteiger partial charge in [0.05, 0.1) is 16.8 Å². The molecular weight excluding hydrogens is 462 g/mol. The molecule has 0 amide bonds. The number of rotatable bonds is 8. The molecular formula is C25H32ClN9. The van der Waals surface area contributed by atoms with Crippen molar-refractivity contribution in [1.29, 1.82) is 0 Å². The highest BCUT2D eigenvalue weighted by molar-refractivity contribution is 5.89. The highest BCUT2D eigenvalue weighted by atomic mass is 35.5. The number of hydrogen-bond donors (Lipinski definition) is 4. The zero-order valence-electron chi connectivity index (χ0n) is 19.6. The molecule has 1 saturated carbocycles. The maximum Gasteiger partial charge on any atom is 0.224 e. The van der Waals surface area contributed by atoms with Crippen LogP contribution in [-0.2, 0) is 6.42 Å². The minimum Gasteiger partial charge on any atom is -0.351 e. The van der Waals surface area contributed by atoms with Crippen LogP contribution in [-0.4, -0.2) is 48.8 Å². The second-order valence-corrected chi connectivity index (χ2v) is 9.03. The van der Waals surface area contributed by atoms with Crippen LogP contribution in [0.2, 0.25) is 0 Å². The molecule has 1 fully saturated rings. The van der Waals surface area contributed by atoms with E-state index in [0.29, 0.717) is 30.2 Å². The van der Waals surface area contributed by atoms with Gasteiger partial charge in [-0.1, -0.05) is 30.3 Å². The number of halogens is 1. The zero-order valence-corrected chi connectivity index (χ0v) is 20.4. The number of fused-ring (bicyclic) bond motifs is 1. The number of benzene rings is 1. The molecule has 0 bridgehead atoms. The Morgan fingerprint density at radius 2 is 1.83 bits per heavy atom. The molecule has 1 atom stereocenters. The molecule has 1 aromatic carbocycles. The number of anilines is 1. The van der Waals surface area contributed by atoms with Crippen LogP contribution >= 0.6 is 12.4 Å². The summed E-state index contributed by atoms with van der Waals surface area (Å²) < 4.78 is 0. The Morgan fingerprint density at radius 3 is 2.60 bits per heavy atom. The quantitative estimate of drug-likeness (QED) is 0.291. The summed E-state index contributed by atoms with van der Waals surface area (Å²) in [6.07, 6.45) is 9.31. The van der Waals surface area contributed by atoms with E-state index in [1.54, 1.807) is 12.4 Å². The highest BCUT2D eigenvalue weighted by Gasteiger charge is 2.20. The minimum absolute atomic E-state index is 0. The molecule has 1 aliphatic carbocycles. The first-order valence-electron chi connectivity index (χ1n) is 12.0. The van der Waals surface area contributed by atoms with Gasteiger partial charge in [0.25, 0.3) is 0 Å². The van der Waals surface area contributed by atoms with Crippen LogP contribution in [0.15, 0.2) is 48.8 Å². The molecule has 4 aromatic rings. The Morgan fingerprint density at radius 1 is 1.03 bits per heavy atom. The Balaban J connectivity index is 0.00000289. The molecule has 1 unspecified atom stereocenters. The molecule has 0 spiro atoms. The van der Waals surface area contributed by atoms with Crippen molar-refractivity contribution in [3.8, 4) is 11.4 Å². The standard InChI is InChI=1S/C25H31N9.ClH/c26-12-10-17(16-4-2-1-3-5-16)14-22-28-13-11-21(31-22)23-20-15-29-25(32-24(20)34-33-23)30-19-8-6-18(27)7-9-19;/h1-5,11,13,15,17-19H,6-10,12,14,26-27H2,(H2,29,30,32,33,34);1H. The predicted molar refractivity (Wildman–Crippen MR) is 140 cm³/mol. The monoisotopic (exact) mass is 493 g/mol. The van der Waals surface area contributed by atoms with Gasteiger partial charge in [-0.05, 0) is 56.2 Å². The zero-order chi connectivity index (χ0) is 23.3. The topological polar surface area (TPSA) is 144 Å². The van der Waals surface area contributed by atoms with Crippen LogP contribution in [0, 0.1) is 0 Å². The van der Waals surface area contributed by atoms with Crippen molar-refractivity contribution < 1.29 is 0 Å². The van der Waals surface area contributed by atoms with Gasteiger partial charge in [-0.15, -0.1) is 12.4 Å². The maximum atomic E-state index is 6.02. The molecule has 0 saturated heterocycles. The molecule has 35 heavy (non-hydrogen) atoms. The van der Waals surface area contributed by atoms with Gasteiger partial charge in [-0.25, -0.2) is 15.0 Å². The number of aromatic amines is 1. The predicted octanol–water partition coefficient (Wildman–Crippen LogP) is 3.59. The summed E-state index contributed by atoms with van der Waals surface area (Å²) in [4.78, 5) is 18.5. The maximum absolute atomic E-state index is 6.02. The fourth-order valence-electron chi connectivity index (χ4n) is 4.68. The number of H-pyrrole nitrogens is 1. The summed E-state index contributed by atoms with van der Waals surface area (Å²) in [5.41, 5.74) is 15.3. The number of nitrogens with one attached hydrogen (secondary N) is 2. The Hall–Kier alpha value is -3.14. The molecule has 0 radical (unpaired) electrons. The van der Waals surface area contributed by atoms with Gasteiger partial charge in [0.2, 0.25) is 5.95 Å².